The highest BCUT2D eigenvalue weighted by molar-refractivity contribution is 7.94. The van der Waals surface area contributed by atoms with Gasteiger partial charge >= 0.3 is 20.8 Å². The molecule has 23 heavy (non-hydrogen) atoms. The van der Waals surface area contributed by atoms with Gasteiger partial charge < -0.3 is 10.1 Å². The Hall–Kier alpha value is -1.08. The molecule has 1 aromatic carbocycles. The van der Waals surface area contributed by atoms with Crippen molar-refractivity contribution in [2.45, 2.75) is 18.9 Å². The highest BCUT2D eigenvalue weighted by Gasteiger charge is 2.27. The van der Waals surface area contributed by atoms with Crippen LogP contribution in [-0.4, -0.2) is 51.2 Å². The number of benzene rings is 1. The third kappa shape index (κ3) is 9.61. The maximum atomic E-state index is 9.44. The van der Waals surface area contributed by atoms with Crippen molar-refractivity contribution in [2.24, 2.45) is 0 Å². The zero-order valence-electron chi connectivity index (χ0n) is 12.4. The van der Waals surface area contributed by atoms with Crippen LogP contribution in [0.1, 0.15) is 12.5 Å². The minimum Gasteiger partial charge on any atom is -0.372 e. The van der Waals surface area contributed by atoms with Gasteiger partial charge in [0, 0.05) is 19.5 Å². The van der Waals surface area contributed by atoms with Gasteiger partial charge in [0.1, 0.15) is 0 Å². The van der Waals surface area contributed by atoms with E-state index >= 15 is 0 Å². The van der Waals surface area contributed by atoms with Crippen LogP contribution in [-0.2, 0) is 35.6 Å². The molecular weight excluding hydrogens is 350 g/mol. The van der Waals surface area contributed by atoms with Gasteiger partial charge in [-0.25, -0.2) is 0 Å². The van der Waals surface area contributed by atoms with Crippen molar-refractivity contribution in [3.8, 4) is 0 Å². The average Bonchev–Trinajstić information content (AvgIpc) is 2.36. The standard InChI is InChI=1S/C12H17NO.H2O7S2/c1-12(10-13-7-8-14-12)9-11-5-3-2-4-6-11;1-8(2,3)7-9(4,5)6/h2-6,13H,7-10H2,1H3;(H,1,2,3)(H,4,5,6). The van der Waals surface area contributed by atoms with Gasteiger partial charge in [-0.3, -0.25) is 9.11 Å². The lowest BCUT2D eigenvalue weighted by molar-refractivity contribution is -0.0517. The van der Waals surface area contributed by atoms with E-state index in [1.165, 1.54) is 5.56 Å². The van der Waals surface area contributed by atoms with E-state index in [9.17, 15) is 16.8 Å². The Kier molecular flexibility index (Phi) is 7.07. The van der Waals surface area contributed by atoms with Crippen LogP contribution in [0.4, 0.5) is 0 Å². The maximum absolute atomic E-state index is 9.44. The van der Waals surface area contributed by atoms with E-state index in [1.54, 1.807) is 0 Å². The highest BCUT2D eigenvalue weighted by atomic mass is 32.3. The van der Waals surface area contributed by atoms with Crippen molar-refractivity contribution in [1.82, 2.24) is 5.32 Å². The van der Waals surface area contributed by atoms with Crippen molar-refractivity contribution in [1.29, 1.82) is 0 Å². The zero-order valence-corrected chi connectivity index (χ0v) is 14.0. The second kappa shape index (κ2) is 8.15. The van der Waals surface area contributed by atoms with Gasteiger partial charge in [0.25, 0.3) is 0 Å². The minimum absolute atomic E-state index is 0.0282. The average molecular weight is 369 g/mol. The predicted molar refractivity (Wildman–Crippen MR) is 81.6 cm³/mol. The first-order valence-corrected chi connectivity index (χ1v) is 9.27. The van der Waals surface area contributed by atoms with Crippen LogP contribution in [0.25, 0.3) is 0 Å². The Labute approximate surface area is 135 Å². The van der Waals surface area contributed by atoms with Crippen LogP contribution in [0, 0.1) is 0 Å². The Bertz CT molecular complexity index is 651. The summed E-state index contributed by atoms with van der Waals surface area (Å²) in [4.78, 5) is 0. The maximum Gasteiger partial charge on any atom is 0.413 e. The number of nitrogens with one attached hydrogen (secondary N) is 1. The van der Waals surface area contributed by atoms with Gasteiger partial charge in [0.05, 0.1) is 12.2 Å². The van der Waals surface area contributed by atoms with Gasteiger partial charge in [-0.2, -0.15) is 16.8 Å². The summed E-state index contributed by atoms with van der Waals surface area (Å²) >= 11 is 0. The van der Waals surface area contributed by atoms with Crippen molar-refractivity contribution < 1.29 is 34.3 Å². The third-order valence-electron chi connectivity index (χ3n) is 2.82. The highest BCUT2D eigenvalue weighted by Crippen LogP contribution is 2.18. The predicted octanol–water partition coefficient (Wildman–Crippen LogP) is 0.216. The lowest BCUT2D eigenvalue weighted by atomic mass is 9.95. The molecule has 1 aromatic rings. The first-order valence-electron chi connectivity index (χ1n) is 6.54. The Morgan fingerprint density at radius 3 is 2.13 bits per heavy atom. The minimum atomic E-state index is -5.12. The largest absolute Gasteiger partial charge is 0.413 e. The topological polar surface area (TPSA) is 139 Å². The summed E-state index contributed by atoms with van der Waals surface area (Å²) < 4.78 is 61.4. The van der Waals surface area contributed by atoms with Crippen LogP contribution in [0.2, 0.25) is 0 Å². The van der Waals surface area contributed by atoms with Gasteiger partial charge in [0.2, 0.25) is 0 Å². The molecule has 0 saturated carbocycles. The van der Waals surface area contributed by atoms with Crippen molar-refractivity contribution in [3.05, 3.63) is 35.9 Å². The molecule has 132 valence electrons. The molecule has 1 heterocycles. The van der Waals surface area contributed by atoms with Crippen molar-refractivity contribution in [2.75, 3.05) is 19.7 Å². The van der Waals surface area contributed by atoms with E-state index in [-0.39, 0.29) is 5.60 Å². The number of hydrogen-bond donors (Lipinski definition) is 3. The molecule has 0 aliphatic carbocycles. The van der Waals surface area contributed by atoms with Crippen LogP contribution in [0.15, 0.2) is 30.3 Å². The smallest absolute Gasteiger partial charge is 0.372 e. The van der Waals surface area contributed by atoms with E-state index < -0.39 is 20.8 Å². The SMILES string of the molecule is CC1(Cc2ccccc2)CNCCO1.O=S(=O)(O)OS(=O)(=O)O. The zero-order chi connectivity index (χ0) is 17.6. The Morgan fingerprint density at radius 1 is 1.17 bits per heavy atom. The Balaban J connectivity index is 0.000000257. The molecule has 1 unspecified atom stereocenters. The molecule has 1 atom stereocenters. The van der Waals surface area contributed by atoms with E-state index in [1.807, 2.05) is 6.07 Å². The van der Waals surface area contributed by atoms with Crippen LogP contribution < -0.4 is 5.32 Å². The molecule has 1 fully saturated rings. The van der Waals surface area contributed by atoms with Gasteiger partial charge in [-0.05, 0) is 12.5 Å². The normalized spacial score (nSPS) is 22.0. The number of ether oxygens (including phenoxy) is 1. The Morgan fingerprint density at radius 2 is 1.74 bits per heavy atom. The van der Waals surface area contributed by atoms with Crippen LogP contribution >= 0.6 is 0 Å². The summed E-state index contributed by atoms with van der Waals surface area (Å²) in [7, 11) is -10.2. The summed E-state index contributed by atoms with van der Waals surface area (Å²) in [5.74, 6) is 0. The van der Waals surface area contributed by atoms with E-state index in [0.717, 1.165) is 26.1 Å². The van der Waals surface area contributed by atoms with Crippen molar-refractivity contribution in [3.63, 3.8) is 0 Å². The monoisotopic (exact) mass is 369 g/mol. The summed E-state index contributed by atoms with van der Waals surface area (Å²) in [6, 6.07) is 10.5. The molecule has 1 aliphatic heterocycles. The van der Waals surface area contributed by atoms with E-state index in [4.69, 9.17) is 13.8 Å². The van der Waals surface area contributed by atoms with Crippen LogP contribution in [0.3, 0.4) is 0 Å². The molecule has 0 amide bonds. The number of rotatable bonds is 4. The molecule has 0 aromatic heterocycles. The second-order valence-electron chi connectivity index (χ2n) is 5.06. The fraction of sp³-hybridized carbons (Fsp3) is 0.500. The number of morpholine rings is 1. The molecule has 1 saturated heterocycles. The van der Waals surface area contributed by atoms with E-state index in [2.05, 4.69) is 40.1 Å². The van der Waals surface area contributed by atoms with Crippen LogP contribution in [0.5, 0.6) is 0 Å². The molecule has 2 rings (SSSR count). The first-order chi connectivity index (χ1) is 10.5. The molecule has 0 radical (unpaired) electrons. The second-order valence-corrected chi connectivity index (χ2v) is 7.32. The van der Waals surface area contributed by atoms with E-state index in [0.29, 0.717) is 0 Å². The molecular formula is C12H19NO8S2. The summed E-state index contributed by atoms with van der Waals surface area (Å²) in [5.41, 5.74) is 1.32. The molecule has 0 spiro atoms. The third-order valence-corrected chi connectivity index (χ3v) is 4.20. The lowest BCUT2D eigenvalue weighted by Crippen LogP contribution is -2.48. The quantitative estimate of drug-likeness (QED) is 0.636. The summed E-state index contributed by atoms with van der Waals surface area (Å²) in [5, 5.41) is 3.37. The molecule has 9 nitrogen and oxygen atoms in total. The lowest BCUT2D eigenvalue weighted by Gasteiger charge is -2.34. The summed E-state index contributed by atoms with van der Waals surface area (Å²) in [6.45, 7) is 4.92. The first kappa shape index (κ1) is 20.0. The molecule has 3 N–H and O–H groups in total. The molecule has 1 aliphatic rings. The summed E-state index contributed by atoms with van der Waals surface area (Å²) in [6.07, 6.45) is 0.987. The molecule has 11 heteroatoms. The fourth-order valence-electron chi connectivity index (χ4n) is 2.02. The van der Waals surface area contributed by atoms with Gasteiger partial charge in [-0.1, -0.05) is 30.3 Å². The van der Waals surface area contributed by atoms with Gasteiger partial charge in [-0.15, -0.1) is 3.63 Å². The van der Waals surface area contributed by atoms with Gasteiger partial charge in [0.15, 0.2) is 0 Å². The van der Waals surface area contributed by atoms with Crippen molar-refractivity contribution >= 4 is 20.8 Å². The number of hydrogen-bond acceptors (Lipinski definition) is 7. The molecule has 0 bridgehead atoms. The fourth-order valence-corrected chi connectivity index (χ4v) is 2.89.